The molecule has 1 aliphatic heterocycles. The monoisotopic (exact) mass is 274 g/mol. The highest BCUT2D eigenvalue weighted by molar-refractivity contribution is 5.89. The van der Waals surface area contributed by atoms with Gasteiger partial charge in [-0.3, -0.25) is 9.59 Å². The molecule has 1 unspecified atom stereocenters. The molecule has 0 spiro atoms. The van der Waals surface area contributed by atoms with E-state index in [1.807, 2.05) is 45.0 Å². The molecule has 2 rings (SSSR count). The maximum Gasteiger partial charge on any atom is 0.225 e. The van der Waals surface area contributed by atoms with Crippen molar-refractivity contribution in [2.45, 2.75) is 39.8 Å². The minimum Gasteiger partial charge on any atom is -0.352 e. The molecule has 4 heteroatoms. The van der Waals surface area contributed by atoms with E-state index < -0.39 is 0 Å². The molecule has 0 bridgehead atoms. The van der Waals surface area contributed by atoms with Crippen LogP contribution < -0.4 is 5.32 Å². The average molecular weight is 274 g/mol. The van der Waals surface area contributed by atoms with Crippen molar-refractivity contribution in [2.24, 2.45) is 5.92 Å². The summed E-state index contributed by atoms with van der Waals surface area (Å²) >= 11 is 0. The number of nitrogens with one attached hydrogen (secondary N) is 1. The van der Waals surface area contributed by atoms with Gasteiger partial charge in [-0.1, -0.05) is 24.3 Å². The van der Waals surface area contributed by atoms with Crippen molar-refractivity contribution in [3.8, 4) is 0 Å². The topological polar surface area (TPSA) is 49.4 Å². The number of hydrogen-bond acceptors (Lipinski definition) is 2. The van der Waals surface area contributed by atoms with Crippen molar-refractivity contribution in [2.75, 3.05) is 6.54 Å². The van der Waals surface area contributed by atoms with Gasteiger partial charge in [-0.05, 0) is 31.9 Å². The minimum absolute atomic E-state index is 0.0234. The van der Waals surface area contributed by atoms with Gasteiger partial charge in [0.05, 0.1) is 5.92 Å². The number of benzene rings is 1. The van der Waals surface area contributed by atoms with E-state index >= 15 is 0 Å². The first-order chi connectivity index (χ1) is 9.49. The SMILES string of the molecule is Cc1ccccc1CNC(=O)C1CC(=O)N(C(C)C)C1. The van der Waals surface area contributed by atoms with Crippen molar-refractivity contribution in [3.05, 3.63) is 35.4 Å². The van der Waals surface area contributed by atoms with E-state index in [-0.39, 0.29) is 23.8 Å². The van der Waals surface area contributed by atoms with E-state index in [1.165, 1.54) is 5.56 Å². The van der Waals surface area contributed by atoms with Gasteiger partial charge in [0.15, 0.2) is 0 Å². The van der Waals surface area contributed by atoms with Crippen molar-refractivity contribution >= 4 is 11.8 Å². The number of likely N-dealkylation sites (tertiary alicyclic amines) is 1. The summed E-state index contributed by atoms with van der Waals surface area (Å²) in [5.41, 5.74) is 2.28. The summed E-state index contributed by atoms with van der Waals surface area (Å²) in [6, 6.07) is 8.15. The second kappa shape index (κ2) is 6.07. The Morgan fingerprint density at radius 2 is 2.10 bits per heavy atom. The molecule has 1 atom stereocenters. The summed E-state index contributed by atoms with van der Waals surface area (Å²) in [6.07, 6.45) is 0.331. The summed E-state index contributed by atoms with van der Waals surface area (Å²) in [7, 11) is 0. The first-order valence-corrected chi connectivity index (χ1v) is 7.10. The molecular weight excluding hydrogens is 252 g/mol. The predicted octanol–water partition coefficient (Wildman–Crippen LogP) is 1.87. The Morgan fingerprint density at radius 3 is 2.70 bits per heavy atom. The number of hydrogen-bond donors (Lipinski definition) is 1. The Hall–Kier alpha value is -1.84. The van der Waals surface area contributed by atoms with Crippen LogP contribution in [0.1, 0.15) is 31.4 Å². The number of amides is 2. The summed E-state index contributed by atoms with van der Waals surface area (Å²) in [5, 5.41) is 2.94. The highest BCUT2D eigenvalue weighted by Gasteiger charge is 2.35. The third-order valence-corrected chi connectivity index (χ3v) is 3.87. The van der Waals surface area contributed by atoms with Crippen LogP contribution >= 0.6 is 0 Å². The zero-order valence-corrected chi connectivity index (χ0v) is 12.3. The molecule has 0 saturated carbocycles. The molecule has 1 heterocycles. The Morgan fingerprint density at radius 1 is 1.40 bits per heavy atom. The standard InChI is InChI=1S/C16H22N2O2/c1-11(2)18-10-14(8-15(18)19)16(20)17-9-13-7-5-4-6-12(13)3/h4-7,11,14H,8-10H2,1-3H3,(H,17,20). The van der Waals surface area contributed by atoms with Gasteiger partial charge in [-0.2, -0.15) is 0 Å². The van der Waals surface area contributed by atoms with Gasteiger partial charge in [0.25, 0.3) is 0 Å². The maximum atomic E-state index is 12.2. The quantitative estimate of drug-likeness (QED) is 0.911. The van der Waals surface area contributed by atoms with Gasteiger partial charge >= 0.3 is 0 Å². The Labute approximate surface area is 120 Å². The van der Waals surface area contributed by atoms with Gasteiger partial charge < -0.3 is 10.2 Å². The normalized spacial score (nSPS) is 18.7. The van der Waals surface area contributed by atoms with Crippen LogP contribution in [0.3, 0.4) is 0 Å². The van der Waals surface area contributed by atoms with Crippen LogP contribution in [0.4, 0.5) is 0 Å². The van der Waals surface area contributed by atoms with E-state index in [1.54, 1.807) is 4.90 Å². The molecule has 1 saturated heterocycles. The van der Waals surface area contributed by atoms with E-state index in [4.69, 9.17) is 0 Å². The molecule has 4 nitrogen and oxygen atoms in total. The molecule has 1 aliphatic rings. The molecule has 1 N–H and O–H groups in total. The van der Waals surface area contributed by atoms with Crippen LogP contribution in [0, 0.1) is 12.8 Å². The van der Waals surface area contributed by atoms with E-state index in [9.17, 15) is 9.59 Å². The second-order valence-electron chi connectivity index (χ2n) is 5.69. The number of rotatable bonds is 4. The molecule has 0 radical (unpaired) electrons. The molecule has 1 aromatic rings. The van der Waals surface area contributed by atoms with Gasteiger partial charge in [-0.15, -0.1) is 0 Å². The third kappa shape index (κ3) is 3.18. The molecule has 1 fully saturated rings. The largest absolute Gasteiger partial charge is 0.352 e. The highest BCUT2D eigenvalue weighted by Crippen LogP contribution is 2.20. The van der Waals surface area contributed by atoms with Crippen molar-refractivity contribution in [1.82, 2.24) is 10.2 Å². The summed E-state index contributed by atoms with van der Waals surface area (Å²) in [6.45, 7) is 7.05. The van der Waals surface area contributed by atoms with Crippen molar-refractivity contribution < 1.29 is 9.59 Å². The Kier molecular flexibility index (Phi) is 4.42. The number of nitrogens with zero attached hydrogens (tertiary/aromatic N) is 1. The number of carbonyl (C=O) groups is 2. The lowest BCUT2D eigenvalue weighted by Gasteiger charge is -2.20. The lowest BCUT2D eigenvalue weighted by Crippen LogP contribution is -2.35. The second-order valence-corrected chi connectivity index (χ2v) is 5.69. The smallest absolute Gasteiger partial charge is 0.225 e. The van der Waals surface area contributed by atoms with Gasteiger partial charge in [-0.25, -0.2) is 0 Å². The fourth-order valence-corrected chi connectivity index (χ4v) is 2.54. The number of aryl methyl sites for hydroxylation is 1. The van der Waals surface area contributed by atoms with Crippen LogP contribution in [0.15, 0.2) is 24.3 Å². The lowest BCUT2D eigenvalue weighted by molar-refractivity contribution is -0.130. The average Bonchev–Trinajstić information content (AvgIpc) is 2.80. The first-order valence-electron chi connectivity index (χ1n) is 7.10. The molecule has 0 aromatic heterocycles. The summed E-state index contributed by atoms with van der Waals surface area (Å²) in [4.78, 5) is 25.7. The van der Waals surface area contributed by atoms with Crippen LogP contribution in [-0.2, 0) is 16.1 Å². The minimum atomic E-state index is -0.214. The Balaban J connectivity index is 1.91. The molecule has 0 aliphatic carbocycles. The molecule has 2 amide bonds. The third-order valence-electron chi connectivity index (χ3n) is 3.87. The molecule has 1 aromatic carbocycles. The molecular formula is C16H22N2O2. The Bertz CT molecular complexity index is 511. The van der Waals surface area contributed by atoms with Crippen LogP contribution in [-0.4, -0.2) is 29.3 Å². The molecule has 108 valence electrons. The fourth-order valence-electron chi connectivity index (χ4n) is 2.54. The van der Waals surface area contributed by atoms with E-state index in [0.29, 0.717) is 19.5 Å². The van der Waals surface area contributed by atoms with Crippen LogP contribution in [0.25, 0.3) is 0 Å². The highest BCUT2D eigenvalue weighted by atomic mass is 16.2. The van der Waals surface area contributed by atoms with E-state index in [2.05, 4.69) is 5.32 Å². The van der Waals surface area contributed by atoms with Gasteiger partial charge in [0.1, 0.15) is 0 Å². The van der Waals surface area contributed by atoms with Gasteiger partial charge in [0, 0.05) is 25.6 Å². The van der Waals surface area contributed by atoms with Gasteiger partial charge in [0.2, 0.25) is 11.8 Å². The van der Waals surface area contributed by atoms with Crippen LogP contribution in [0.5, 0.6) is 0 Å². The number of carbonyl (C=O) groups excluding carboxylic acids is 2. The zero-order valence-electron chi connectivity index (χ0n) is 12.3. The fraction of sp³-hybridized carbons (Fsp3) is 0.500. The predicted molar refractivity (Wildman–Crippen MR) is 78.0 cm³/mol. The summed E-state index contributed by atoms with van der Waals surface area (Å²) in [5.74, 6) is -0.158. The van der Waals surface area contributed by atoms with Crippen molar-refractivity contribution in [1.29, 1.82) is 0 Å². The van der Waals surface area contributed by atoms with Crippen molar-refractivity contribution in [3.63, 3.8) is 0 Å². The van der Waals surface area contributed by atoms with Crippen LogP contribution in [0.2, 0.25) is 0 Å². The lowest BCUT2D eigenvalue weighted by atomic mass is 10.1. The maximum absolute atomic E-state index is 12.2. The van der Waals surface area contributed by atoms with E-state index in [0.717, 1.165) is 5.56 Å². The molecule has 20 heavy (non-hydrogen) atoms. The zero-order chi connectivity index (χ0) is 14.7. The summed E-state index contributed by atoms with van der Waals surface area (Å²) < 4.78 is 0. The first kappa shape index (κ1) is 14.6.